The van der Waals surface area contributed by atoms with Gasteiger partial charge in [0, 0.05) is 17.1 Å². The highest BCUT2D eigenvalue weighted by molar-refractivity contribution is 7.10. The summed E-state index contributed by atoms with van der Waals surface area (Å²) in [4.78, 5) is 16.7. The van der Waals surface area contributed by atoms with E-state index in [1.165, 1.54) is 0 Å². The van der Waals surface area contributed by atoms with Crippen molar-refractivity contribution in [3.05, 3.63) is 48.5 Å². The molecule has 3 rings (SSSR count). The molecule has 0 bridgehead atoms. The third-order valence-corrected chi connectivity index (χ3v) is 4.38. The molecule has 0 radical (unpaired) electrons. The Kier molecular flexibility index (Phi) is 5.87. The second-order valence-corrected chi connectivity index (χ2v) is 6.30. The van der Waals surface area contributed by atoms with Gasteiger partial charge < -0.3 is 14.2 Å². The summed E-state index contributed by atoms with van der Waals surface area (Å²) < 4.78 is 20.3. The quantitative estimate of drug-likeness (QED) is 0.669. The molecule has 0 fully saturated rings. The number of anilines is 1. The maximum Gasteiger partial charge on any atom is 0.266 e. The molecule has 1 N–H and O–H groups in total. The molecule has 0 aliphatic rings. The van der Waals surface area contributed by atoms with E-state index in [2.05, 4.69) is 14.7 Å². The van der Waals surface area contributed by atoms with Gasteiger partial charge in [0.2, 0.25) is 5.13 Å². The van der Waals surface area contributed by atoms with E-state index < -0.39 is 6.10 Å². The smallest absolute Gasteiger partial charge is 0.266 e. The van der Waals surface area contributed by atoms with E-state index >= 15 is 0 Å². The highest BCUT2D eigenvalue weighted by Crippen LogP contribution is 2.27. The molecule has 0 aliphatic heterocycles. The number of rotatable bonds is 7. The molecule has 0 spiro atoms. The van der Waals surface area contributed by atoms with E-state index in [9.17, 15) is 4.79 Å². The first-order chi connectivity index (χ1) is 13.1. The highest BCUT2D eigenvalue weighted by atomic mass is 32.1. The standard InChI is InChI=1S/C19H19N3O4S/c1-12(26-16-7-5-4-6-15(16)25-3)18(23)21-19-20-17(22-27-19)13-8-10-14(24-2)11-9-13/h4-12H,1-3H3,(H,20,21,22,23)/t12-/m1/s1. The Balaban J connectivity index is 1.64. The molecule has 140 valence electrons. The number of hydrogen-bond acceptors (Lipinski definition) is 7. The molecule has 1 amide bonds. The van der Waals surface area contributed by atoms with Gasteiger partial charge in [-0.1, -0.05) is 12.1 Å². The van der Waals surface area contributed by atoms with Gasteiger partial charge in [0.25, 0.3) is 5.91 Å². The van der Waals surface area contributed by atoms with Crippen LogP contribution in [0.4, 0.5) is 5.13 Å². The van der Waals surface area contributed by atoms with Crippen LogP contribution in [0.3, 0.4) is 0 Å². The predicted molar refractivity (Wildman–Crippen MR) is 104 cm³/mol. The first kappa shape index (κ1) is 18.7. The Morgan fingerprint density at radius 1 is 1.04 bits per heavy atom. The van der Waals surface area contributed by atoms with Crippen molar-refractivity contribution in [2.45, 2.75) is 13.0 Å². The van der Waals surface area contributed by atoms with Crippen LogP contribution in [-0.4, -0.2) is 35.6 Å². The zero-order valence-corrected chi connectivity index (χ0v) is 15.9. The maximum absolute atomic E-state index is 12.4. The van der Waals surface area contributed by atoms with Gasteiger partial charge in [-0.05, 0) is 43.3 Å². The second-order valence-electron chi connectivity index (χ2n) is 5.55. The number of ether oxygens (including phenoxy) is 3. The van der Waals surface area contributed by atoms with Crippen molar-refractivity contribution in [2.75, 3.05) is 19.5 Å². The van der Waals surface area contributed by atoms with Crippen LogP contribution in [0.5, 0.6) is 17.2 Å². The minimum absolute atomic E-state index is 0.321. The molecule has 0 unspecified atom stereocenters. The summed E-state index contributed by atoms with van der Waals surface area (Å²) in [5.74, 6) is 2.04. The predicted octanol–water partition coefficient (Wildman–Crippen LogP) is 3.63. The van der Waals surface area contributed by atoms with Gasteiger partial charge in [0.05, 0.1) is 14.2 Å². The Morgan fingerprint density at radius 2 is 1.74 bits per heavy atom. The number of carbonyl (C=O) groups excluding carboxylic acids is 1. The van der Waals surface area contributed by atoms with Gasteiger partial charge in [-0.3, -0.25) is 10.1 Å². The Hall–Kier alpha value is -3.13. The van der Waals surface area contributed by atoms with E-state index in [1.54, 1.807) is 33.3 Å². The first-order valence-electron chi connectivity index (χ1n) is 8.19. The molecule has 2 aromatic carbocycles. The van der Waals surface area contributed by atoms with Crippen LogP contribution in [0.1, 0.15) is 6.92 Å². The summed E-state index contributed by atoms with van der Waals surface area (Å²) in [5.41, 5.74) is 0.839. The average molecular weight is 385 g/mol. The number of amides is 1. The molecular formula is C19H19N3O4S. The summed E-state index contributed by atoms with van der Waals surface area (Å²) in [6.45, 7) is 1.66. The zero-order valence-electron chi connectivity index (χ0n) is 15.1. The van der Waals surface area contributed by atoms with Crippen molar-refractivity contribution in [3.63, 3.8) is 0 Å². The molecule has 0 saturated heterocycles. The molecule has 1 heterocycles. The Morgan fingerprint density at radius 3 is 2.41 bits per heavy atom. The topological polar surface area (TPSA) is 82.6 Å². The van der Waals surface area contributed by atoms with E-state index in [0.29, 0.717) is 22.5 Å². The normalized spacial score (nSPS) is 11.5. The molecule has 27 heavy (non-hydrogen) atoms. The van der Waals surface area contributed by atoms with Crippen LogP contribution in [0.15, 0.2) is 48.5 Å². The SMILES string of the molecule is COc1ccc(-c2nsc(NC(=O)[C@@H](C)Oc3ccccc3OC)n2)cc1. The van der Waals surface area contributed by atoms with Gasteiger partial charge in [-0.2, -0.15) is 9.36 Å². The van der Waals surface area contributed by atoms with Crippen LogP contribution in [0, 0.1) is 0 Å². The van der Waals surface area contributed by atoms with E-state index in [0.717, 1.165) is 22.8 Å². The van der Waals surface area contributed by atoms with E-state index in [4.69, 9.17) is 14.2 Å². The van der Waals surface area contributed by atoms with Crippen molar-refractivity contribution in [3.8, 4) is 28.6 Å². The van der Waals surface area contributed by atoms with Crippen molar-refractivity contribution < 1.29 is 19.0 Å². The van der Waals surface area contributed by atoms with Gasteiger partial charge in [0.15, 0.2) is 23.4 Å². The first-order valence-corrected chi connectivity index (χ1v) is 8.96. The van der Waals surface area contributed by atoms with Crippen LogP contribution >= 0.6 is 11.5 Å². The zero-order chi connectivity index (χ0) is 19.2. The fourth-order valence-electron chi connectivity index (χ4n) is 2.30. The number of carbonyl (C=O) groups is 1. The second kappa shape index (κ2) is 8.50. The van der Waals surface area contributed by atoms with Crippen molar-refractivity contribution >= 4 is 22.6 Å². The van der Waals surface area contributed by atoms with Crippen LogP contribution < -0.4 is 19.5 Å². The lowest BCUT2D eigenvalue weighted by molar-refractivity contribution is -0.122. The highest BCUT2D eigenvalue weighted by Gasteiger charge is 2.18. The molecule has 1 aromatic heterocycles. The monoisotopic (exact) mass is 385 g/mol. The molecule has 7 nitrogen and oxygen atoms in total. The molecule has 3 aromatic rings. The fourth-order valence-corrected chi connectivity index (χ4v) is 2.89. The van der Waals surface area contributed by atoms with Gasteiger partial charge in [-0.25, -0.2) is 0 Å². The molecule has 8 heteroatoms. The van der Waals surface area contributed by atoms with Gasteiger partial charge >= 0.3 is 0 Å². The Labute approximate surface area is 161 Å². The van der Waals surface area contributed by atoms with Crippen LogP contribution in [-0.2, 0) is 4.79 Å². The number of nitrogens with zero attached hydrogens (tertiary/aromatic N) is 2. The van der Waals surface area contributed by atoms with Crippen LogP contribution in [0.2, 0.25) is 0 Å². The number of hydrogen-bond donors (Lipinski definition) is 1. The molecule has 0 saturated carbocycles. The van der Waals surface area contributed by atoms with Crippen LogP contribution in [0.25, 0.3) is 11.4 Å². The van der Waals surface area contributed by atoms with Crippen molar-refractivity contribution in [1.29, 1.82) is 0 Å². The van der Waals surface area contributed by atoms with Crippen molar-refractivity contribution in [2.24, 2.45) is 0 Å². The molecule has 1 atom stereocenters. The third kappa shape index (κ3) is 4.53. The minimum Gasteiger partial charge on any atom is -0.497 e. The number of methoxy groups -OCH3 is 2. The average Bonchev–Trinajstić information content (AvgIpc) is 3.16. The maximum atomic E-state index is 12.4. The molecule has 0 aliphatic carbocycles. The number of benzene rings is 2. The van der Waals surface area contributed by atoms with Gasteiger partial charge in [-0.15, -0.1) is 0 Å². The molecular weight excluding hydrogens is 366 g/mol. The Bertz CT molecular complexity index is 911. The van der Waals surface area contributed by atoms with Crippen molar-refractivity contribution in [1.82, 2.24) is 9.36 Å². The summed E-state index contributed by atoms with van der Waals surface area (Å²) in [5, 5.41) is 3.13. The largest absolute Gasteiger partial charge is 0.497 e. The lowest BCUT2D eigenvalue weighted by Crippen LogP contribution is -2.30. The summed E-state index contributed by atoms with van der Waals surface area (Å²) >= 11 is 1.11. The number of nitrogens with one attached hydrogen (secondary N) is 1. The minimum atomic E-state index is -0.727. The summed E-state index contributed by atoms with van der Waals surface area (Å²) in [6.07, 6.45) is -0.727. The summed E-state index contributed by atoms with van der Waals surface area (Å²) in [6, 6.07) is 14.5. The fraction of sp³-hybridized carbons (Fsp3) is 0.211. The van der Waals surface area contributed by atoms with E-state index in [-0.39, 0.29) is 5.91 Å². The summed E-state index contributed by atoms with van der Waals surface area (Å²) in [7, 11) is 3.16. The number of aromatic nitrogens is 2. The van der Waals surface area contributed by atoms with E-state index in [1.807, 2.05) is 36.4 Å². The lowest BCUT2D eigenvalue weighted by atomic mass is 10.2. The number of para-hydroxylation sites is 2. The third-order valence-electron chi connectivity index (χ3n) is 3.75. The van der Waals surface area contributed by atoms with Gasteiger partial charge in [0.1, 0.15) is 5.75 Å². The lowest BCUT2D eigenvalue weighted by Gasteiger charge is -2.15.